The SMILES string of the molecule is COc1c(Cl)c(O)c(C(N)(O)SC)c(O)c1Cl. The Hall–Kier alpha value is -0.530. The number of nitrogens with two attached hydrogens (primary N) is 1. The van der Waals surface area contributed by atoms with E-state index in [0.29, 0.717) is 0 Å². The van der Waals surface area contributed by atoms with E-state index in [1.54, 1.807) is 0 Å². The Balaban J connectivity index is 3.65. The van der Waals surface area contributed by atoms with Gasteiger partial charge >= 0.3 is 0 Å². The molecule has 1 rings (SSSR count). The van der Waals surface area contributed by atoms with E-state index in [0.717, 1.165) is 11.8 Å². The molecule has 0 heterocycles. The van der Waals surface area contributed by atoms with Crippen molar-refractivity contribution in [2.75, 3.05) is 13.4 Å². The quantitative estimate of drug-likeness (QED) is 0.636. The van der Waals surface area contributed by atoms with Crippen LogP contribution in [0.1, 0.15) is 5.56 Å². The highest BCUT2D eigenvalue weighted by Gasteiger charge is 2.34. The lowest BCUT2D eigenvalue weighted by Crippen LogP contribution is -2.32. The lowest BCUT2D eigenvalue weighted by Gasteiger charge is -2.24. The maximum Gasteiger partial charge on any atom is 0.195 e. The topological polar surface area (TPSA) is 95.9 Å². The number of hydrogen-bond acceptors (Lipinski definition) is 6. The van der Waals surface area contributed by atoms with E-state index in [-0.39, 0.29) is 21.4 Å². The number of rotatable bonds is 3. The highest BCUT2D eigenvalue weighted by atomic mass is 35.5. The predicted octanol–water partition coefficient (Wildman–Crippen LogP) is 1.84. The predicted molar refractivity (Wildman–Crippen MR) is 67.9 cm³/mol. The van der Waals surface area contributed by atoms with E-state index in [9.17, 15) is 15.3 Å². The second-order valence-electron chi connectivity index (χ2n) is 3.13. The van der Waals surface area contributed by atoms with Crippen molar-refractivity contribution in [3.63, 3.8) is 0 Å². The monoisotopic (exact) mass is 299 g/mol. The van der Waals surface area contributed by atoms with Gasteiger partial charge in [-0.25, -0.2) is 0 Å². The highest BCUT2D eigenvalue weighted by Crippen LogP contribution is 2.52. The summed E-state index contributed by atoms with van der Waals surface area (Å²) in [6, 6.07) is 0. The molecule has 1 atom stereocenters. The van der Waals surface area contributed by atoms with Crippen LogP contribution in [0, 0.1) is 0 Å². The van der Waals surface area contributed by atoms with Crippen LogP contribution < -0.4 is 10.5 Å². The normalized spacial score (nSPS) is 14.5. The van der Waals surface area contributed by atoms with Crippen molar-refractivity contribution < 1.29 is 20.1 Å². The van der Waals surface area contributed by atoms with E-state index in [1.807, 2.05) is 0 Å². The molecule has 1 unspecified atom stereocenters. The van der Waals surface area contributed by atoms with Crippen molar-refractivity contribution in [1.29, 1.82) is 0 Å². The van der Waals surface area contributed by atoms with Crippen LogP contribution in [0.2, 0.25) is 10.0 Å². The molecule has 0 saturated heterocycles. The van der Waals surface area contributed by atoms with Crippen LogP contribution in [0.3, 0.4) is 0 Å². The van der Waals surface area contributed by atoms with Crippen LogP contribution in [0.25, 0.3) is 0 Å². The van der Waals surface area contributed by atoms with Gasteiger partial charge in [-0.15, -0.1) is 11.8 Å². The van der Waals surface area contributed by atoms with Gasteiger partial charge < -0.3 is 20.1 Å². The molecule has 0 aromatic heterocycles. The molecule has 0 aliphatic carbocycles. The molecule has 0 radical (unpaired) electrons. The van der Waals surface area contributed by atoms with E-state index in [2.05, 4.69) is 0 Å². The Kier molecular flexibility index (Phi) is 4.27. The van der Waals surface area contributed by atoms with Crippen molar-refractivity contribution >= 4 is 35.0 Å². The second kappa shape index (κ2) is 4.99. The average molecular weight is 300 g/mol. The molecule has 17 heavy (non-hydrogen) atoms. The number of phenolic OH excluding ortho intramolecular Hbond substituents is 2. The van der Waals surface area contributed by atoms with Crippen LogP contribution in [0.4, 0.5) is 0 Å². The second-order valence-corrected chi connectivity index (χ2v) is 4.92. The van der Waals surface area contributed by atoms with Crippen molar-refractivity contribution in [2.24, 2.45) is 5.73 Å². The highest BCUT2D eigenvalue weighted by molar-refractivity contribution is 7.99. The van der Waals surface area contributed by atoms with Gasteiger partial charge in [0.15, 0.2) is 10.8 Å². The summed E-state index contributed by atoms with van der Waals surface area (Å²) in [6.07, 6.45) is 1.49. The summed E-state index contributed by atoms with van der Waals surface area (Å²) in [6.45, 7) is 0. The average Bonchev–Trinajstić information content (AvgIpc) is 2.27. The minimum absolute atomic E-state index is 0.0935. The fraction of sp³-hybridized carbons (Fsp3) is 0.333. The first kappa shape index (κ1) is 14.5. The summed E-state index contributed by atoms with van der Waals surface area (Å²) in [5.41, 5.74) is 5.15. The summed E-state index contributed by atoms with van der Waals surface area (Å²) in [7, 11) is 1.27. The van der Waals surface area contributed by atoms with E-state index in [4.69, 9.17) is 33.7 Å². The Morgan fingerprint density at radius 2 is 1.65 bits per heavy atom. The summed E-state index contributed by atoms with van der Waals surface area (Å²) >= 11 is 12.4. The van der Waals surface area contributed by atoms with Gasteiger partial charge in [0.25, 0.3) is 0 Å². The first-order chi connectivity index (χ1) is 7.77. The third-order valence-electron chi connectivity index (χ3n) is 2.16. The molecule has 0 aliphatic heterocycles. The van der Waals surface area contributed by atoms with Gasteiger partial charge in [0, 0.05) is 0 Å². The van der Waals surface area contributed by atoms with Crippen molar-refractivity contribution in [2.45, 2.75) is 5.06 Å². The zero-order valence-corrected chi connectivity index (χ0v) is 11.3. The number of hydrogen-bond donors (Lipinski definition) is 4. The molecule has 8 heteroatoms. The number of halogens is 2. The maximum atomic E-state index is 9.83. The molecule has 0 aliphatic rings. The molecular formula is C9H11Cl2NO4S. The third kappa shape index (κ3) is 2.36. The molecule has 0 bridgehead atoms. The largest absolute Gasteiger partial charge is 0.506 e. The van der Waals surface area contributed by atoms with Gasteiger partial charge in [-0.1, -0.05) is 23.2 Å². The van der Waals surface area contributed by atoms with Crippen LogP contribution in [-0.4, -0.2) is 28.7 Å². The van der Waals surface area contributed by atoms with E-state index < -0.39 is 16.6 Å². The van der Waals surface area contributed by atoms with Gasteiger partial charge in [0.05, 0.1) is 12.7 Å². The molecule has 5 N–H and O–H groups in total. The van der Waals surface area contributed by atoms with Crippen molar-refractivity contribution in [3.8, 4) is 17.2 Å². The van der Waals surface area contributed by atoms with Gasteiger partial charge in [-0.2, -0.15) is 0 Å². The zero-order chi connectivity index (χ0) is 13.4. The van der Waals surface area contributed by atoms with Crippen LogP contribution in [-0.2, 0) is 5.06 Å². The van der Waals surface area contributed by atoms with Gasteiger partial charge in [-0.05, 0) is 6.26 Å². The first-order valence-corrected chi connectivity index (χ1v) is 6.29. The summed E-state index contributed by atoms with van der Waals surface area (Å²) in [4.78, 5) is 0. The number of methoxy groups -OCH3 is 1. The smallest absolute Gasteiger partial charge is 0.195 e. The van der Waals surface area contributed by atoms with E-state index >= 15 is 0 Å². The Labute approximate surface area is 112 Å². The van der Waals surface area contributed by atoms with Crippen LogP contribution in [0.5, 0.6) is 17.2 Å². The standard InChI is InChI=1S/C9H11Cl2NO4S/c1-16-8-4(10)6(13)3(7(14)5(8)11)9(12,15)17-2/h13-15H,12H2,1-2H3. The molecule has 0 spiro atoms. The molecule has 5 nitrogen and oxygen atoms in total. The third-order valence-corrected chi connectivity index (χ3v) is 3.69. The Morgan fingerprint density at radius 3 is 1.94 bits per heavy atom. The molecule has 1 aromatic carbocycles. The van der Waals surface area contributed by atoms with Crippen molar-refractivity contribution in [3.05, 3.63) is 15.6 Å². The molecule has 0 amide bonds. The maximum absolute atomic E-state index is 9.83. The Bertz CT molecular complexity index is 424. The molecule has 96 valence electrons. The number of ether oxygens (including phenoxy) is 1. The number of aliphatic hydroxyl groups is 1. The molecule has 0 fully saturated rings. The number of phenols is 2. The summed E-state index contributed by atoms with van der Waals surface area (Å²) in [5.74, 6) is -1.25. The minimum Gasteiger partial charge on any atom is -0.506 e. The summed E-state index contributed by atoms with van der Waals surface area (Å²) < 4.78 is 4.83. The Morgan fingerprint density at radius 1 is 1.24 bits per heavy atom. The minimum atomic E-state index is -2.02. The van der Waals surface area contributed by atoms with Gasteiger partial charge in [0.2, 0.25) is 0 Å². The lowest BCUT2D eigenvalue weighted by molar-refractivity contribution is 0.139. The fourth-order valence-corrected chi connectivity index (χ4v) is 2.24. The molecular weight excluding hydrogens is 289 g/mol. The van der Waals surface area contributed by atoms with Crippen molar-refractivity contribution in [1.82, 2.24) is 0 Å². The fourth-order valence-electron chi connectivity index (χ4n) is 1.26. The number of aromatic hydroxyl groups is 2. The van der Waals surface area contributed by atoms with Gasteiger partial charge in [0.1, 0.15) is 21.5 Å². The first-order valence-electron chi connectivity index (χ1n) is 4.31. The van der Waals surface area contributed by atoms with Gasteiger partial charge in [-0.3, -0.25) is 5.73 Å². The molecule has 0 saturated carbocycles. The number of benzene rings is 1. The lowest BCUT2D eigenvalue weighted by atomic mass is 10.1. The van der Waals surface area contributed by atoms with E-state index in [1.165, 1.54) is 13.4 Å². The molecule has 1 aromatic rings. The summed E-state index contributed by atoms with van der Waals surface area (Å²) in [5, 5.41) is 26.9. The van der Waals surface area contributed by atoms with Crippen LogP contribution in [0.15, 0.2) is 0 Å². The number of thioether (sulfide) groups is 1. The van der Waals surface area contributed by atoms with Crippen LogP contribution >= 0.6 is 35.0 Å². The zero-order valence-electron chi connectivity index (χ0n) is 8.99.